The van der Waals surface area contributed by atoms with Crippen LogP contribution in [0.4, 0.5) is 0 Å². The fourth-order valence-corrected chi connectivity index (χ4v) is 4.25. The molecular formula is C22H23BrClN3O4. The monoisotopic (exact) mass is 507 g/mol. The first-order valence-electron chi connectivity index (χ1n) is 9.66. The number of para-hydroxylation sites is 1. The van der Waals surface area contributed by atoms with E-state index in [1.54, 1.807) is 35.2 Å². The summed E-state index contributed by atoms with van der Waals surface area (Å²) in [4.78, 5) is 32.5. The Balaban J connectivity index is 2.41. The summed E-state index contributed by atoms with van der Waals surface area (Å²) < 4.78 is 12.9. The molecule has 7 nitrogen and oxygen atoms in total. The van der Waals surface area contributed by atoms with Crippen molar-refractivity contribution in [3.05, 3.63) is 57.0 Å². The molecule has 0 fully saturated rings. The van der Waals surface area contributed by atoms with E-state index in [0.717, 1.165) is 0 Å². The molecule has 9 heteroatoms. The van der Waals surface area contributed by atoms with Crippen molar-refractivity contribution in [1.29, 1.82) is 0 Å². The molecule has 1 atom stereocenters. The second-order valence-electron chi connectivity index (χ2n) is 6.78. The minimum absolute atomic E-state index is 0.160. The van der Waals surface area contributed by atoms with Gasteiger partial charge < -0.3 is 14.4 Å². The number of aromatic nitrogens is 2. The van der Waals surface area contributed by atoms with Gasteiger partial charge in [-0.2, -0.15) is 0 Å². The van der Waals surface area contributed by atoms with Gasteiger partial charge in [-0.25, -0.2) is 4.98 Å². The van der Waals surface area contributed by atoms with Crippen molar-refractivity contribution in [3.63, 3.8) is 0 Å². The van der Waals surface area contributed by atoms with E-state index in [1.165, 1.54) is 18.8 Å². The van der Waals surface area contributed by atoms with E-state index in [0.29, 0.717) is 44.9 Å². The molecule has 1 heterocycles. The lowest BCUT2D eigenvalue weighted by Crippen LogP contribution is -2.38. The molecule has 3 rings (SSSR count). The van der Waals surface area contributed by atoms with Crippen LogP contribution in [-0.4, -0.2) is 47.0 Å². The lowest BCUT2D eigenvalue weighted by molar-refractivity contribution is -0.130. The SMILES string of the molecule is CCN(C(=O)CCl)C(C)c1nc2ccccc2c(=O)n1-c1cc(OC)cc(OC)c1Br. The minimum Gasteiger partial charge on any atom is -0.497 e. The molecule has 1 unspecified atom stereocenters. The zero-order valence-electron chi connectivity index (χ0n) is 17.7. The van der Waals surface area contributed by atoms with E-state index in [1.807, 2.05) is 19.9 Å². The molecule has 31 heavy (non-hydrogen) atoms. The molecule has 1 aromatic heterocycles. The Labute approximate surface area is 193 Å². The van der Waals surface area contributed by atoms with Crippen molar-refractivity contribution in [2.24, 2.45) is 0 Å². The first-order chi connectivity index (χ1) is 14.9. The van der Waals surface area contributed by atoms with Gasteiger partial charge in [0.05, 0.1) is 41.3 Å². The Morgan fingerprint density at radius 3 is 2.58 bits per heavy atom. The number of hydrogen-bond donors (Lipinski definition) is 0. The highest BCUT2D eigenvalue weighted by Gasteiger charge is 2.27. The first-order valence-corrected chi connectivity index (χ1v) is 11.0. The van der Waals surface area contributed by atoms with Crippen LogP contribution in [0.3, 0.4) is 0 Å². The first kappa shape index (κ1) is 23.1. The standard InChI is InChI=1S/C22H23BrClN3O4/c1-5-26(19(28)12-24)13(2)21-25-16-9-7-6-8-15(16)22(29)27(21)17-10-14(30-3)11-18(31-4)20(17)23/h6-11,13H,5,12H2,1-4H3. The molecule has 0 aliphatic heterocycles. The summed E-state index contributed by atoms with van der Waals surface area (Å²) in [7, 11) is 3.07. The van der Waals surface area contributed by atoms with Crippen LogP contribution in [-0.2, 0) is 4.79 Å². The molecule has 3 aromatic rings. The summed E-state index contributed by atoms with van der Waals surface area (Å²) in [5.41, 5.74) is 0.777. The van der Waals surface area contributed by atoms with Crippen LogP contribution in [0.5, 0.6) is 11.5 Å². The Kier molecular flexibility index (Phi) is 7.23. The highest BCUT2D eigenvalue weighted by molar-refractivity contribution is 9.10. The topological polar surface area (TPSA) is 73.7 Å². The maximum atomic E-state index is 13.6. The number of ether oxygens (including phenoxy) is 2. The molecule has 0 aliphatic rings. The van der Waals surface area contributed by atoms with Crippen LogP contribution in [0.1, 0.15) is 25.7 Å². The van der Waals surface area contributed by atoms with Gasteiger partial charge in [-0.05, 0) is 41.9 Å². The number of halogens is 2. The number of fused-ring (bicyclic) bond motifs is 1. The summed E-state index contributed by atoms with van der Waals surface area (Å²) in [5.74, 6) is 1.01. The number of rotatable bonds is 7. The van der Waals surface area contributed by atoms with Gasteiger partial charge in [0.15, 0.2) is 0 Å². The summed E-state index contributed by atoms with van der Waals surface area (Å²) >= 11 is 9.37. The van der Waals surface area contributed by atoms with Gasteiger partial charge in [0.2, 0.25) is 5.91 Å². The van der Waals surface area contributed by atoms with Crippen LogP contribution in [0, 0.1) is 0 Å². The lowest BCUT2D eigenvalue weighted by Gasteiger charge is -2.29. The maximum absolute atomic E-state index is 13.6. The van der Waals surface area contributed by atoms with E-state index in [-0.39, 0.29) is 17.3 Å². The molecule has 0 saturated carbocycles. The third-order valence-corrected chi connectivity index (χ3v) is 6.13. The molecule has 0 bridgehead atoms. The van der Waals surface area contributed by atoms with Gasteiger partial charge in [-0.1, -0.05) is 12.1 Å². The van der Waals surface area contributed by atoms with Gasteiger partial charge in [0.1, 0.15) is 23.2 Å². The second kappa shape index (κ2) is 9.70. The molecular weight excluding hydrogens is 486 g/mol. The van der Waals surface area contributed by atoms with E-state index >= 15 is 0 Å². The average Bonchev–Trinajstić information content (AvgIpc) is 2.79. The number of hydrogen-bond acceptors (Lipinski definition) is 5. The normalized spacial score (nSPS) is 11.9. The van der Waals surface area contributed by atoms with Crippen molar-refractivity contribution in [2.75, 3.05) is 26.6 Å². The summed E-state index contributed by atoms with van der Waals surface area (Å²) in [5, 5.41) is 0.457. The van der Waals surface area contributed by atoms with Crippen LogP contribution >= 0.6 is 27.5 Å². The number of amides is 1. The second-order valence-corrected chi connectivity index (χ2v) is 7.84. The molecule has 164 valence electrons. The fourth-order valence-electron chi connectivity index (χ4n) is 3.53. The molecule has 0 aliphatic carbocycles. The Bertz CT molecular complexity index is 1180. The quantitative estimate of drug-likeness (QED) is 0.445. The minimum atomic E-state index is -0.516. The molecule has 0 saturated heterocycles. The molecule has 0 spiro atoms. The number of carbonyl (C=O) groups is 1. The fraction of sp³-hybridized carbons (Fsp3) is 0.318. The van der Waals surface area contributed by atoms with Crippen LogP contribution < -0.4 is 15.0 Å². The van der Waals surface area contributed by atoms with Gasteiger partial charge in [0.25, 0.3) is 5.56 Å². The van der Waals surface area contributed by atoms with Crippen molar-refractivity contribution in [2.45, 2.75) is 19.9 Å². The molecule has 1 amide bonds. The van der Waals surface area contributed by atoms with Gasteiger partial charge in [0, 0.05) is 18.7 Å². The number of alkyl halides is 1. The predicted octanol–water partition coefficient (Wildman–Crippen LogP) is 4.31. The number of methoxy groups -OCH3 is 2. The van der Waals surface area contributed by atoms with Gasteiger partial charge in [-0.3, -0.25) is 14.2 Å². The predicted molar refractivity (Wildman–Crippen MR) is 125 cm³/mol. The van der Waals surface area contributed by atoms with Crippen molar-refractivity contribution in [3.8, 4) is 17.2 Å². The largest absolute Gasteiger partial charge is 0.497 e. The number of nitrogens with zero attached hydrogens (tertiary/aromatic N) is 3. The lowest BCUT2D eigenvalue weighted by atomic mass is 10.1. The smallest absolute Gasteiger partial charge is 0.266 e. The highest BCUT2D eigenvalue weighted by Crippen LogP contribution is 2.36. The Morgan fingerprint density at radius 2 is 1.97 bits per heavy atom. The van der Waals surface area contributed by atoms with Crippen molar-refractivity contribution < 1.29 is 14.3 Å². The summed E-state index contributed by atoms with van der Waals surface area (Å²) in [6.07, 6.45) is 0. The van der Waals surface area contributed by atoms with E-state index in [2.05, 4.69) is 15.9 Å². The summed E-state index contributed by atoms with van der Waals surface area (Å²) in [6.45, 7) is 4.10. The van der Waals surface area contributed by atoms with Crippen molar-refractivity contribution >= 4 is 44.3 Å². The highest BCUT2D eigenvalue weighted by atomic mass is 79.9. The Hall–Kier alpha value is -2.58. The Morgan fingerprint density at radius 1 is 1.26 bits per heavy atom. The number of carbonyl (C=O) groups excluding carboxylic acids is 1. The third kappa shape index (κ3) is 4.27. The molecule has 0 radical (unpaired) electrons. The zero-order valence-corrected chi connectivity index (χ0v) is 20.0. The number of benzene rings is 2. The van der Waals surface area contributed by atoms with Gasteiger partial charge in [-0.15, -0.1) is 11.6 Å². The van der Waals surface area contributed by atoms with Crippen LogP contribution in [0.15, 0.2) is 45.7 Å². The van der Waals surface area contributed by atoms with Crippen LogP contribution in [0.25, 0.3) is 16.6 Å². The third-order valence-electron chi connectivity index (χ3n) is 5.11. The summed E-state index contributed by atoms with van der Waals surface area (Å²) in [6, 6.07) is 10.0. The maximum Gasteiger partial charge on any atom is 0.266 e. The molecule has 2 aromatic carbocycles. The molecule has 0 N–H and O–H groups in total. The van der Waals surface area contributed by atoms with E-state index < -0.39 is 6.04 Å². The van der Waals surface area contributed by atoms with E-state index in [9.17, 15) is 9.59 Å². The van der Waals surface area contributed by atoms with Gasteiger partial charge >= 0.3 is 0 Å². The van der Waals surface area contributed by atoms with Crippen LogP contribution in [0.2, 0.25) is 0 Å². The van der Waals surface area contributed by atoms with E-state index in [4.69, 9.17) is 26.1 Å². The average molecular weight is 509 g/mol. The van der Waals surface area contributed by atoms with Crippen molar-refractivity contribution in [1.82, 2.24) is 14.5 Å². The zero-order chi connectivity index (χ0) is 22.7.